The molecule has 1 aliphatic carbocycles. The molecule has 0 saturated carbocycles. The molecule has 4 nitrogen and oxygen atoms in total. The summed E-state index contributed by atoms with van der Waals surface area (Å²) in [5, 5.41) is 2.28. The molecule has 8 aromatic rings. The lowest BCUT2D eigenvalue weighted by atomic mass is 9.81. The maximum Gasteiger partial charge on any atom is 0.155 e. The number of hydrogen-bond donors (Lipinski definition) is 0. The van der Waals surface area contributed by atoms with Gasteiger partial charge in [-0.15, -0.1) is 0 Å². The number of rotatable bonds is 4. The van der Waals surface area contributed by atoms with Crippen LogP contribution in [0.25, 0.3) is 49.7 Å². The van der Waals surface area contributed by atoms with E-state index in [0.717, 1.165) is 67.6 Å². The zero-order valence-electron chi connectivity index (χ0n) is 27.1. The van der Waals surface area contributed by atoms with E-state index < -0.39 is 0 Å². The molecule has 1 aromatic heterocycles. The first-order valence-electron chi connectivity index (χ1n) is 16.9. The van der Waals surface area contributed by atoms with Gasteiger partial charge in [-0.05, 0) is 75.8 Å². The van der Waals surface area contributed by atoms with Gasteiger partial charge in [0.05, 0.1) is 22.4 Å². The highest BCUT2D eigenvalue weighted by Gasteiger charge is 2.39. The number of aromatic nitrogens is 1. The van der Waals surface area contributed by atoms with E-state index in [1.165, 1.54) is 33.4 Å². The van der Waals surface area contributed by atoms with Crippen molar-refractivity contribution >= 4 is 38.9 Å². The molecule has 0 saturated heterocycles. The minimum absolute atomic E-state index is 0.198. The quantitative estimate of drug-likeness (QED) is 0.194. The van der Waals surface area contributed by atoms with Crippen molar-refractivity contribution < 1.29 is 9.47 Å². The van der Waals surface area contributed by atoms with Gasteiger partial charge in [-0.1, -0.05) is 111 Å². The van der Waals surface area contributed by atoms with Gasteiger partial charge in [-0.2, -0.15) is 0 Å². The summed E-state index contributed by atoms with van der Waals surface area (Å²) in [6.07, 6.45) is 0. The second-order valence-corrected chi connectivity index (χ2v) is 13.8. The Hall–Kier alpha value is -6.26. The summed E-state index contributed by atoms with van der Waals surface area (Å²) in [6, 6.07) is 52.1. The summed E-state index contributed by atoms with van der Waals surface area (Å²) in [5.41, 5.74) is 13.9. The Morgan fingerprint density at radius 1 is 0.510 bits per heavy atom. The number of para-hydroxylation sites is 2. The highest BCUT2D eigenvalue weighted by molar-refractivity contribution is 6.16. The van der Waals surface area contributed by atoms with Crippen LogP contribution in [-0.2, 0) is 5.41 Å². The second kappa shape index (κ2) is 9.42. The smallest absolute Gasteiger partial charge is 0.155 e. The van der Waals surface area contributed by atoms with Crippen molar-refractivity contribution in [2.45, 2.75) is 19.3 Å². The zero-order chi connectivity index (χ0) is 32.4. The minimum Gasteiger partial charge on any atom is -0.453 e. The summed E-state index contributed by atoms with van der Waals surface area (Å²) in [7, 11) is 0. The predicted octanol–water partition coefficient (Wildman–Crippen LogP) is 12.4. The largest absolute Gasteiger partial charge is 0.453 e. The summed E-state index contributed by atoms with van der Waals surface area (Å²) < 4.78 is 15.6. The van der Waals surface area contributed by atoms with Crippen LogP contribution >= 0.6 is 0 Å². The third kappa shape index (κ3) is 3.53. The minimum atomic E-state index is -0.198. The Labute approximate surface area is 284 Å². The third-order valence-corrected chi connectivity index (χ3v) is 10.7. The fourth-order valence-corrected chi connectivity index (χ4v) is 8.61. The first-order valence-corrected chi connectivity index (χ1v) is 16.9. The van der Waals surface area contributed by atoms with Gasteiger partial charge in [-0.3, -0.25) is 4.57 Å². The Balaban J connectivity index is 1.20. The average Bonchev–Trinajstić information content (AvgIpc) is 3.60. The monoisotopic (exact) mass is 630 g/mol. The van der Waals surface area contributed by atoms with Crippen LogP contribution in [0.5, 0.6) is 23.0 Å². The van der Waals surface area contributed by atoms with Crippen molar-refractivity contribution in [1.82, 2.24) is 4.57 Å². The number of benzene rings is 7. The first kappa shape index (κ1) is 26.8. The zero-order valence-corrected chi connectivity index (χ0v) is 27.1. The van der Waals surface area contributed by atoms with E-state index in [2.05, 4.69) is 151 Å². The van der Waals surface area contributed by atoms with Crippen molar-refractivity contribution in [1.29, 1.82) is 0 Å². The number of ether oxygens (including phenoxy) is 2. The summed E-state index contributed by atoms with van der Waals surface area (Å²) in [5.74, 6) is 3.31. The molecule has 0 N–H and O–H groups in total. The van der Waals surface area contributed by atoms with E-state index in [9.17, 15) is 0 Å². The highest BCUT2D eigenvalue weighted by Crippen LogP contribution is 2.57. The molecule has 49 heavy (non-hydrogen) atoms. The van der Waals surface area contributed by atoms with Gasteiger partial charge >= 0.3 is 0 Å². The van der Waals surface area contributed by atoms with E-state index in [1.54, 1.807) is 0 Å². The van der Waals surface area contributed by atoms with Crippen molar-refractivity contribution in [3.8, 4) is 50.9 Å². The van der Waals surface area contributed by atoms with Crippen LogP contribution in [0, 0.1) is 0 Å². The molecule has 0 fully saturated rings. The van der Waals surface area contributed by atoms with Gasteiger partial charge in [-0.25, -0.2) is 0 Å². The predicted molar refractivity (Wildman–Crippen MR) is 199 cm³/mol. The third-order valence-electron chi connectivity index (χ3n) is 10.7. The molecule has 0 spiro atoms. The van der Waals surface area contributed by atoms with Crippen LogP contribution in [0.3, 0.4) is 0 Å². The summed E-state index contributed by atoms with van der Waals surface area (Å²) in [6.45, 7) is 4.71. The van der Waals surface area contributed by atoms with Gasteiger partial charge in [0.15, 0.2) is 23.0 Å². The molecule has 0 radical (unpaired) electrons. The molecule has 3 heterocycles. The lowest BCUT2D eigenvalue weighted by molar-refractivity contribution is 0.444. The maximum atomic E-state index is 6.79. The summed E-state index contributed by atoms with van der Waals surface area (Å²) in [4.78, 5) is 2.43. The number of hydrogen-bond acceptors (Lipinski definition) is 3. The molecular formula is C45H30N2O2. The van der Waals surface area contributed by atoms with E-state index in [4.69, 9.17) is 9.47 Å². The van der Waals surface area contributed by atoms with Crippen LogP contribution < -0.4 is 14.4 Å². The maximum absolute atomic E-state index is 6.79. The Kier molecular flexibility index (Phi) is 5.15. The molecule has 0 atom stereocenters. The van der Waals surface area contributed by atoms with Crippen LogP contribution in [0.15, 0.2) is 146 Å². The van der Waals surface area contributed by atoms with Gasteiger partial charge < -0.3 is 14.4 Å². The van der Waals surface area contributed by atoms with E-state index in [1.807, 2.05) is 18.2 Å². The van der Waals surface area contributed by atoms with Crippen LogP contribution in [0.4, 0.5) is 17.1 Å². The Morgan fingerprint density at radius 2 is 1.16 bits per heavy atom. The molecule has 11 rings (SSSR count). The van der Waals surface area contributed by atoms with Crippen molar-refractivity contribution in [2.24, 2.45) is 0 Å². The van der Waals surface area contributed by atoms with Gasteiger partial charge in [0, 0.05) is 27.9 Å². The normalized spacial score (nSPS) is 14.0. The fraction of sp³-hybridized carbons (Fsp3) is 0.0667. The number of nitrogens with zero attached hydrogens (tertiary/aromatic N) is 2. The van der Waals surface area contributed by atoms with Gasteiger partial charge in [0.1, 0.15) is 5.69 Å². The van der Waals surface area contributed by atoms with Crippen molar-refractivity contribution in [3.05, 3.63) is 157 Å². The van der Waals surface area contributed by atoms with Crippen LogP contribution in [0.2, 0.25) is 0 Å². The average molecular weight is 631 g/mol. The molecule has 3 aliphatic rings. The van der Waals surface area contributed by atoms with Crippen molar-refractivity contribution in [3.63, 3.8) is 0 Å². The van der Waals surface area contributed by atoms with Crippen LogP contribution in [0.1, 0.15) is 25.0 Å². The fourth-order valence-electron chi connectivity index (χ4n) is 8.61. The SMILES string of the molecule is CC1(C)c2ccccc2-c2cccc(N(c3ccc(-c4ccccc4)cc3)c3cc4c5c(c3)c3cccc6c3n5-c3c(cccc3O4)O6)c21. The number of fused-ring (bicyclic) bond motifs is 4. The van der Waals surface area contributed by atoms with Gasteiger partial charge in [0.25, 0.3) is 0 Å². The molecule has 4 heteroatoms. The van der Waals surface area contributed by atoms with E-state index in [-0.39, 0.29) is 5.41 Å². The number of anilines is 3. The Morgan fingerprint density at radius 3 is 2.00 bits per heavy atom. The molecule has 0 unspecified atom stereocenters. The lowest BCUT2D eigenvalue weighted by Crippen LogP contribution is -2.20. The van der Waals surface area contributed by atoms with Crippen LogP contribution in [-0.4, -0.2) is 4.57 Å². The van der Waals surface area contributed by atoms with E-state index >= 15 is 0 Å². The van der Waals surface area contributed by atoms with Crippen molar-refractivity contribution in [2.75, 3.05) is 4.90 Å². The molecule has 2 aliphatic heterocycles. The second-order valence-electron chi connectivity index (χ2n) is 13.8. The molecule has 232 valence electrons. The van der Waals surface area contributed by atoms with Gasteiger partial charge in [0.2, 0.25) is 0 Å². The Bertz CT molecular complexity index is 2690. The topological polar surface area (TPSA) is 26.6 Å². The van der Waals surface area contributed by atoms with E-state index in [0.29, 0.717) is 0 Å². The first-order chi connectivity index (χ1) is 24.1. The highest BCUT2D eigenvalue weighted by atomic mass is 16.5. The molecule has 7 aromatic carbocycles. The lowest BCUT2D eigenvalue weighted by Gasteiger charge is -2.33. The standard InChI is InChI=1S/C45H30N2O2/c1-45(2)35-16-7-6-13-31(35)32-14-8-17-36(41(32)45)46(29-23-21-28(22-24-29)27-11-4-3-5-12-27)30-25-34-33-15-9-18-37-42(33)47-43(34)40(26-30)49-39-20-10-19-38(48-37)44(39)47/h3-26H,1-2H3. The molecular weight excluding hydrogens is 601 g/mol. The summed E-state index contributed by atoms with van der Waals surface area (Å²) >= 11 is 0. The molecule has 0 amide bonds. The molecule has 0 bridgehead atoms.